The van der Waals surface area contributed by atoms with Crippen LogP contribution in [-0.4, -0.2) is 83.6 Å². The molecule has 0 amide bonds. The van der Waals surface area contributed by atoms with E-state index in [-0.39, 0.29) is 59.4 Å². The van der Waals surface area contributed by atoms with Crippen LogP contribution in [0.2, 0.25) is 0 Å². The van der Waals surface area contributed by atoms with Gasteiger partial charge in [0.05, 0.1) is 48.7 Å². The number of ether oxygens (including phenoxy) is 3. The number of hydrogen-bond acceptors (Lipinski definition) is 12. The summed E-state index contributed by atoms with van der Waals surface area (Å²) >= 11 is 0. The number of methoxy groups -OCH3 is 1. The summed E-state index contributed by atoms with van der Waals surface area (Å²) in [6, 6.07) is 12.8. The molecule has 5 N–H and O–H groups in total. The number of phenols is 2. The quantitative estimate of drug-likeness (QED) is 0.189. The van der Waals surface area contributed by atoms with Crippen LogP contribution in [0.5, 0.6) is 17.2 Å². The predicted octanol–water partition coefficient (Wildman–Crippen LogP) is 1.46. The second-order valence-corrected chi connectivity index (χ2v) is 12.1. The van der Waals surface area contributed by atoms with Crippen molar-refractivity contribution in [1.29, 1.82) is 0 Å². The summed E-state index contributed by atoms with van der Waals surface area (Å²) < 4.78 is 29.8. The average Bonchev–Trinajstić information content (AvgIpc) is 3.05. The third-order valence-electron chi connectivity index (χ3n) is 9.41. The molecule has 2 aliphatic carbocycles. The molecule has 3 aromatic carbocycles. The second-order valence-electron chi connectivity index (χ2n) is 12.1. The minimum absolute atomic E-state index is 0.00416. The summed E-state index contributed by atoms with van der Waals surface area (Å²) in [4.78, 5) is 41.5. The van der Waals surface area contributed by atoms with Crippen LogP contribution in [0.15, 0.2) is 48.5 Å². The van der Waals surface area contributed by atoms with Crippen molar-refractivity contribution in [2.75, 3.05) is 13.7 Å². The molecule has 3 aromatic rings. The van der Waals surface area contributed by atoms with Crippen molar-refractivity contribution in [3.05, 3.63) is 81.9 Å². The molecular weight excluding hydrogens is 597 g/mol. The van der Waals surface area contributed by atoms with E-state index in [4.69, 9.17) is 29.3 Å². The van der Waals surface area contributed by atoms with Gasteiger partial charge in [-0.05, 0) is 18.5 Å². The average molecular weight is 629 g/mol. The van der Waals surface area contributed by atoms with Gasteiger partial charge in [0.1, 0.15) is 22.8 Å². The molecule has 238 valence electrons. The molecule has 2 saturated heterocycles. The van der Waals surface area contributed by atoms with Gasteiger partial charge >= 0.3 is 7.12 Å². The Hall–Kier alpha value is -4.11. The Kier molecular flexibility index (Phi) is 7.50. The molecule has 2 aliphatic heterocycles. The van der Waals surface area contributed by atoms with Crippen molar-refractivity contribution < 1.29 is 53.2 Å². The predicted molar refractivity (Wildman–Crippen MR) is 161 cm³/mol. The molecule has 12 nitrogen and oxygen atoms in total. The highest BCUT2D eigenvalue weighted by Gasteiger charge is 2.55. The fourth-order valence-corrected chi connectivity index (χ4v) is 7.04. The maximum absolute atomic E-state index is 13.9. The van der Waals surface area contributed by atoms with E-state index >= 15 is 0 Å². The summed E-state index contributed by atoms with van der Waals surface area (Å²) in [5.41, 5.74) is 4.44. The first-order chi connectivity index (χ1) is 22.0. The number of fused-ring (bicyclic) bond motifs is 3. The topological polar surface area (TPSA) is 184 Å². The van der Waals surface area contributed by atoms with Crippen LogP contribution in [0.4, 0.5) is 0 Å². The number of carbonyl (C=O) groups excluding carboxylic acids is 3. The molecule has 2 heterocycles. The molecule has 46 heavy (non-hydrogen) atoms. The lowest BCUT2D eigenvalue weighted by Gasteiger charge is -2.46. The summed E-state index contributed by atoms with van der Waals surface area (Å²) in [6.45, 7) is 1.33. The maximum Gasteiger partial charge on any atom is 0.494 e. The molecule has 0 bridgehead atoms. The molecule has 1 spiro atoms. The number of carbonyl (C=O) groups is 3. The summed E-state index contributed by atoms with van der Waals surface area (Å²) in [5.74, 6) is -2.83. The van der Waals surface area contributed by atoms with Crippen molar-refractivity contribution in [3.63, 3.8) is 0 Å². The molecule has 6 atom stereocenters. The van der Waals surface area contributed by atoms with Gasteiger partial charge in [0.2, 0.25) is 5.78 Å². The highest BCUT2D eigenvalue weighted by atomic mass is 16.7. The number of rotatable bonds is 4. The minimum Gasteiger partial charge on any atom is -0.507 e. The minimum atomic E-state index is -1.61. The third-order valence-corrected chi connectivity index (χ3v) is 9.41. The maximum atomic E-state index is 13.9. The number of aliphatic hydroxyl groups excluding tert-OH is 1. The van der Waals surface area contributed by atoms with Gasteiger partial charge in [-0.15, -0.1) is 0 Å². The largest absolute Gasteiger partial charge is 0.507 e. The molecule has 0 radical (unpaired) electrons. The SMILES string of the molecule is COc1cccc2c1C(=O)c1c(O)c3c(c(O)c1C2=O)C[C@@]1(C[C@@H]3O[C@H]2C[C@H](N)[C@H](O)[C@H](C)O2)OB(c2ccccc2)OCC1=O. The Morgan fingerprint density at radius 3 is 2.43 bits per heavy atom. The third kappa shape index (κ3) is 4.65. The molecule has 4 aliphatic rings. The van der Waals surface area contributed by atoms with Crippen molar-refractivity contribution in [2.24, 2.45) is 5.73 Å². The Morgan fingerprint density at radius 2 is 1.72 bits per heavy atom. The lowest BCUT2D eigenvalue weighted by molar-refractivity contribution is -0.247. The van der Waals surface area contributed by atoms with E-state index in [1.807, 2.05) is 6.07 Å². The fourth-order valence-electron chi connectivity index (χ4n) is 7.04. The molecule has 0 unspecified atom stereocenters. The van der Waals surface area contributed by atoms with Gasteiger partial charge < -0.3 is 44.6 Å². The molecule has 2 fully saturated rings. The van der Waals surface area contributed by atoms with Crippen LogP contribution in [0.3, 0.4) is 0 Å². The van der Waals surface area contributed by atoms with E-state index in [0.29, 0.717) is 5.46 Å². The zero-order valence-electron chi connectivity index (χ0n) is 25.1. The lowest BCUT2D eigenvalue weighted by atomic mass is 9.68. The number of hydrogen-bond donors (Lipinski definition) is 4. The summed E-state index contributed by atoms with van der Waals surface area (Å²) in [6.07, 6.45) is -4.12. The van der Waals surface area contributed by atoms with Gasteiger partial charge in [-0.1, -0.05) is 42.5 Å². The number of Topliss-reactive ketones (excluding diaryl/α,β-unsaturated/α-hetero) is 1. The zero-order chi connectivity index (χ0) is 32.5. The highest BCUT2D eigenvalue weighted by Crippen LogP contribution is 2.53. The van der Waals surface area contributed by atoms with Crippen molar-refractivity contribution in [2.45, 2.75) is 62.4 Å². The standard InChI is InChI=1S/C33H32BNO11/c1-15-28(37)19(35)11-23(44-15)45-21-13-33(22(36)14-43-34(46-33)16-7-4-3-5-8-16)12-18-25(21)32(41)27-26(30(18)39)29(38)17-9-6-10-20(42-2)24(17)31(27)40/h3-10,15,19,21,23,28,37,39,41H,11-14,35H2,1-2H3/t15-,19-,21-,23-,28+,33-/m0/s1. The molecule has 13 heteroatoms. The van der Waals surface area contributed by atoms with Gasteiger partial charge in [-0.3, -0.25) is 14.4 Å². The van der Waals surface area contributed by atoms with Crippen molar-refractivity contribution >= 4 is 29.9 Å². The lowest BCUT2D eigenvalue weighted by Crippen LogP contribution is -2.60. The monoisotopic (exact) mass is 629 g/mol. The first-order valence-electron chi connectivity index (χ1n) is 15.0. The van der Waals surface area contributed by atoms with Gasteiger partial charge in [0.15, 0.2) is 17.9 Å². The van der Waals surface area contributed by atoms with Crippen molar-refractivity contribution in [3.8, 4) is 17.2 Å². The van der Waals surface area contributed by atoms with Crippen LogP contribution in [0.25, 0.3) is 0 Å². The number of phenolic OH excluding ortho intramolecular Hbond substituents is 2. The number of benzene rings is 3. The van der Waals surface area contributed by atoms with E-state index in [1.54, 1.807) is 37.3 Å². The smallest absolute Gasteiger partial charge is 0.494 e. The first kappa shape index (κ1) is 30.5. The van der Waals surface area contributed by atoms with Crippen LogP contribution < -0.4 is 15.9 Å². The van der Waals surface area contributed by atoms with Gasteiger partial charge in [0.25, 0.3) is 0 Å². The molecule has 0 saturated carbocycles. The number of ketones is 3. The van der Waals surface area contributed by atoms with Crippen LogP contribution in [-0.2, 0) is 30.0 Å². The molecular formula is C33H32BNO11. The van der Waals surface area contributed by atoms with Crippen LogP contribution in [0, 0.1) is 0 Å². The summed E-state index contributed by atoms with van der Waals surface area (Å²) in [7, 11) is 0.420. The first-order valence-corrected chi connectivity index (χ1v) is 15.0. The van der Waals surface area contributed by atoms with Gasteiger partial charge in [-0.2, -0.15) is 0 Å². The Balaban J connectivity index is 1.38. The number of aromatic hydroxyl groups is 2. The van der Waals surface area contributed by atoms with E-state index < -0.39 is 77.8 Å². The Bertz CT molecular complexity index is 1750. The van der Waals surface area contributed by atoms with Crippen molar-refractivity contribution in [1.82, 2.24) is 0 Å². The van der Waals surface area contributed by atoms with Crippen LogP contribution in [0.1, 0.15) is 68.8 Å². The zero-order valence-corrected chi connectivity index (χ0v) is 25.1. The van der Waals surface area contributed by atoms with Crippen LogP contribution >= 0.6 is 0 Å². The Morgan fingerprint density at radius 1 is 0.978 bits per heavy atom. The van der Waals surface area contributed by atoms with Gasteiger partial charge in [-0.25, -0.2) is 0 Å². The number of aliphatic hydroxyl groups is 1. The molecule has 0 aromatic heterocycles. The fraction of sp³-hybridized carbons (Fsp3) is 0.364. The normalized spacial score (nSPS) is 28.9. The second kappa shape index (κ2) is 11.3. The molecule has 7 rings (SSSR count). The highest BCUT2D eigenvalue weighted by molar-refractivity contribution is 6.62. The van der Waals surface area contributed by atoms with E-state index in [2.05, 4.69) is 0 Å². The summed E-state index contributed by atoms with van der Waals surface area (Å²) in [5, 5.41) is 34.0. The van der Waals surface area contributed by atoms with E-state index in [9.17, 15) is 29.7 Å². The van der Waals surface area contributed by atoms with E-state index in [0.717, 1.165) is 0 Å². The number of nitrogens with two attached hydrogens (primary N) is 1. The van der Waals surface area contributed by atoms with Gasteiger partial charge in [0, 0.05) is 42.0 Å². The Labute approximate surface area is 264 Å². The van der Waals surface area contributed by atoms with E-state index in [1.165, 1.54) is 19.2 Å².